The van der Waals surface area contributed by atoms with Crippen LogP contribution in [0.4, 0.5) is 4.79 Å². The van der Waals surface area contributed by atoms with Crippen molar-refractivity contribution in [1.29, 1.82) is 0 Å². The number of hydrogen-bond acceptors (Lipinski definition) is 3. The first-order chi connectivity index (χ1) is 19.7. The number of ether oxygens (including phenoxy) is 1. The van der Waals surface area contributed by atoms with Crippen LogP contribution < -0.4 is 5.32 Å². The largest absolute Gasteiger partial charge is 0.444 e. The number of likely N-dealkylation sites (tertiary alicyclic amines) is 1. The van der Waals surface area contributed by atoms with E-state index in [9.17, 15) is 4.79 Å². The highest BCUT2D eigenvalue weighted by atomic mass is 35.5. The van der Waals surface area contributed by atoms with Gasteiger partial charge in [0.1, 0.15) is 5.60 Å². The highest BCUT2D eigenvalue weighted by Gasteiger charge is 2.28. The minimum atomic E-state index is -0.429. The van der Waals surface area contributed by atoms with Crippen molar-refractivity contribution in [1.82, 2.24) is 10.2 Å². The summed E-state index contributed by atoms with van der Waals surface area (Å²) < 4.78 is 5.49. The molecule has 2 fully saturated rings. The molecule has 1 N–H and O–H groups in total. The van der Waals surface area contributed by atoms with E-state index in [1.54, 1.807) is 5.56 Å². The van der Waals surface area contributed by atoms with Gasteiger partial charge in [0.25, 0.3) is 0 Å². The van der Waals surface area contributed by atoms with E-state index >= 15 is 0 Å². The first kappa shape index (κ1) is 31.8. The number of carbonyl (C=O) groups excluding carboxylic acids is 1. The number of carbonyl (C=O) groups is 1. The summed E-state index contributed by atoms with van der Waals surface area (Å²) in [6.07, 6.45) is 4.34. The number of hydrogen-bond donors (Lipinski definition) is 1. The van der Waals surface area contributed by atoms with Crippen molar-refractivity contribution in [2.24, 2.45) is 0 Å². The lowest BCUT2D eigenvalue weighted by molar-refractivity contribution is 0.0205. The second-order valence-corrected chi connectivity index (χ2v) is 12.9. The molecule has 5 heteroatoms. The SMILES string of the molecule is Cc1ccc2c(C3CCN(C(=O)OC(C)(C)C)CC3)cccc2c1.Cc1ccc2c(C3CCNCC3)cccc2c1.Cl. The second-order valence-electron chi connectivity index (χ2n) is 12.9. The Labute approximate surface area is 258 Å². The van der Waals surface area contributed by atoms with Gasteiger partial charge in [0.15, 0.2) is 0 Å². The van der Waals surface area contributed by atoms with E-state index in [1.807, 2.05) is 25.7 Å². The average Bonchev–Trinajstić information content (AvgIpc) is 2.96. The van der Waals surface area contributed by atoms with Crippen molar-refractivity contribution in [3.8, 4) is 0 Å². The lowest BCUT2D eigenvalue weighted by atomic mass is 9.86. The minimum Gasteiger partial charge on any atom is -0.444 e. The molecule has 2 aliphatic heterocycles. The first-order valence-electron chi connectivity index (χ1n) is 15.3. The van der Waals surface area contributed by atoms with Gasteiger partial charge in [0, 0.05) is 13.1 Å². The fraction of sp³-hybridized carbons (Fsp3) is 0.432. The zero-order chi connectivity index (χ0) is 29.0. The van der Waals surface area contributed by atoms with Crippen LogP contribution in [0.25, 0.3) is 21.5 Å². The third-order valence-electron chi connectivity index (χ3n) is 8.50. The van der Waals surface area contributed by atoms with Crippen LogP contribution >= 0.6 is 12.4 Å². The molecule has 0 radical (unpaired) electrons. The summed E-state index contributed by atoms with van der Waals surface area (Å²) in [5, 5.41) is 8.93. The van der Waals surface area contributed by atoms with Gasteiger partial charge in [-0.05, 0) is 118 Å². The molecule has 2 aliphatic rings. The van der Waals surface area contributed by atoms with E-state index in [0.29, 0.717) is 5.92 Å². The molecule has 42 heavy (non-hydrogen) atoms. The van der Waals surface area contributed by atoms with Crippen molar-refractivity contribution in [2.45, 2.75) is 77.7 Å². The van der Waals surface area contributed by atoms with Gasteiger partial charge < -0.3 is 15.0 Å². The topological polar surface area (TPSA) is 41.6 Å². The molecule has 1 amide bonds. The lowest BCUT2D eigenvalue weighted by Gasteiger charge is -2.34. The van der Waals surface area contributed by atoms with Gasteiger partial charge in [0.2, 0.25) is 0 Å². The summed E-state index contributed by atoms with van der Waals surface area (Å²) in [5.74, 6) is 1.25. The third-order valence-corrected chi connectivity index (χ3v) is 8.50. The predicted molar refractivity (Wildman–Crippen MR) is 179 cm³/mol. The zero-order valence-electron chi connectivity index (χ0n) is 25.9. The lowest BCUT2D eigenvalue weighted by Crippen LogP contribution is -2.41. The number of aryl methyl sites for hydroxylation is 2. The van der Waals surface area contributed by atoms with Crippen LogP contribution in [0.15, 0.2) is 72.8 Å². The quantitative estimate of drug-likeness (QED) is 0.254. The van der Waals surface area contributed by atoms with Gasteiger partial charge in [-0.25, -0.2) is 4.79 Å². The molecular weight excluding hydrogens is 540 g/mol. The summed E-state index contributed by atoms with van der Waals surface area (Å²) in [6.45, 7) is 13.9. The monoisotopic (exact) mass is 586 g/mol. The van der Waals surface area contributed by atoms with E-state index in [0.717, 1.165) is 44.9 Å². The number of halogens is 1. The highest BCUT2D eigenvalue weighted by Crippen LogP contribution is 2.34. The number of nitrogens with one attached hydrogen (secondary N) is 1. The molecule has 4 aromatic carbocycles. The number of benzene rings is 4. The van der Waals surface area contributed by atoms with Gasteiger partial charge in [-0.3, -0.25) is 0 Å². The summed E-state index contributed by atoms with van der Waals surface area (Å²) >= 11 is 0. The van der Waals surface area contributed by atoms with Crippen LogP contribution in [0.5, 0.6) is 0 Å². The molecular formula is C37H47ClN2O2. The molecule has 6 rings (SSSR count). The maximum absolute atomic E-state index is 12.2. The summed E-state index contributed by atoms with van der Waals surface area (Å²) in [4.78, 5) is 14.1. The smallest absolute Gasteiger partial charge is 0.410 e. The van der Waals surface area contributed by atoms with E-state index in [4.69, 9.17) is 4.74 Å². The van der Waals surface area contributed by atoms with Gasteiger partial charge in [-0.2, -0.15) is 0 Å². The number of amides is 1. The van der Waals surface area contributed by atoms with Crippen molar-refractivity contribution in [3.63, 3.8) is 0 Å². The molecule has 0 aromatic heterocycles. The van der Waals surface area contributed by atoms with E-state index in [2.05, 4.69) is 92.0 Å². The van der Waals surface area contributed by atoms with Crippen molar-refractivity contribution in [2.75, 3.05) is 26.2 Å². The Bertz CT molecular complexity index is 1500. The average molecular weight is 587 g/mol. The Balaban J connectivity index is 0.000000198. The van der Waals surface area contributed by atoms with Gasteiger partial charge in [0.05, 0.1) is 0 Å². The molecule has 0 atom stereocenters. The fourth-order valence-electron chi connectivity index (χ4n) is 6.40. The van der Waals surface area contributed by atoms with Crippen LogP contribution in [0.3, 0.4) is 0 Å². The predicted octanol–water partition coefficient (Wildman–Crippen LogP) is 9.30. The van der Waals surface area contributed by atoms with Crippen molar-refractivity contribution >= 4 is 40.0 Å². The Morgan fingerprint density at radius 1 is 0.738 bits per heavy atom. The Kier molecular flexibility index (Phi) is 10.6. The normalized spacial score (nSPS) is 16.5. The van der Waals surface area contributed by atoms with Gasteiger partial charge >= 0.3 is 6.09 Å². The van der Waals surface area contributed by atoms with Crippen LogP contribution in [0.2, 0.25) is 0 Å². The Hall–Kier alpha value is -3.08. The molecule has 4 aromatic rings. The van der Waals surface area contributed by atoms with E-state index in [-0.39, 0.29) is 18.5 Å². The summed E-state index contributed by atoms with van der Waals surface area (Å²) in [7, 11) is 0. The molecule has 0 bridgehead atoms. The maximum atomic E-state index is 12.2. The fourth-order valence-corrected chi connectivity index (χ4v) is 6.40. The van der Waals surface area contributed by atoms with Gasteiger partial charge in [-0.1, -0.05) is 83.9 Å². The molecule has 0 saturated carbocycles. The zero-order valence-corrected chi connectivity index (χ0v) is 26.7. The Morgan fingerprint density at radius 2 is 1.21 bits per heavy atom. The van der Waals surface area contributed by atoms with Crippen LogP contribution in [0, 0.1) is 13.8 Å². The van der Waals surface area contributed by atoms with Gasteiger partial charge in [-0.15, -0.1) is 12.4 Å². The molecule has 0 unspecified atom stereocenters. The van der Waals surface area contributed by atoms with Crippen molar-refractivity contribution in [3.05, 3.63) is 95.1 Å². The molecule has 0 aliphatic carbocycles. The second kappa shape index (κ2) is 13.9. The molecule has 0 spiro atoms. The standard InChI is InChI=1S/C21H27NO2.C16H19N.ClH/c1-15-8-9-19-17(14-15)6-5-7-18(19)16-10-12-22(13-11-16)20(23)24-21(2,3)4;1-12-5-6-16-14(11-12)3-2-4-15(16)13-7-9-17-10-8-13;/h5-9,14,16H,10-13H2,1-4H3;2-6,11,13,17H,7-10H2,1H3;1H. The summed E-state index contributed by atoms with van der Waals surface area (Å²) in [5.41, 5.74) is 5.17. The summed E-state index contributed by atoms with van der Waals surface area (Å²) in [6, 6.07) is 26.8. The molecule has 4 nitrogen and oxygen atoms in total. The van der Waals surface area contributed by atoms with E-state index in [1.165, 1.54) is 51.1 Å². The Morgan fingerprint density at radius 3 is 1.69 bits per heavy atom. The minimum absolute atomic E-state index is 0. The van der Waals surface area contributed by atoms with Crippen LogP contribution in [0.1, 0.15) is 80.5 Å². The van der Waals surface area contributed by atoms with Crippen molar-refractivity contribution < 1.29 is 9.53 Å². The number of nitrogens with zero attached hydrogens (tertiary/aromatic N) is 1. The molecule has 2 heterocycles. The first-order valence-corrected chi connectivity index (χ1v) is 15.3. The number of rotatable bonds is 2. The van der Waals surface area contributed by atoms with Crippen LogP contribution in [-0.2, 0) is 4.74 Å². The number of piperidine rings is 2. The molecule has 2 saturated heterocycles. The maximum Gasteiger partial charge on any atom is 0.410 e. The van der Waals surface area contributed by atoms with Crippen LogP contribution in [-0.4, -0.2) is 42.8 Å². The molecule has 224 valence electrons. The van der Waals surface area contributed by atoms with E-state index < -0.39 is 5.60 Å². The highest BCUT2D eigenvalue weighted by molar-refractivity contribution is 5.87. The number of fused-ring (bicyclic) bond motifs is 2. The third kappa shape index (κ3) is 7.85.